The minimum Gasteiger partial charge on any atom is -0.396 e. The topological polar surface area (TPSA) is 23.5 Å². The summed E-state index contributed by atoms with van der Waals surface area (Å²) in [5.74, 6) is 1.79. The van der Waals surface area contributed by atoms with E-state index in [4.69, 9.17) is 0 Å². The molecule has 0 radical (unpaired) electrons. The third-order valence-corrected chi connectivity index (χ3v) is 6.17. The van der Waals surface area contributed by atoms with Crippen molar-refractivity contribution in [3.05, 3.63) is 0 Å². The average molecular weight is 265 g/mol. The van der Waals surface area contributed by atoms with Crippen molar-refractivity contribution >= 4 is 0 Å². The molecule has 2 heteroatoms. The monoisotopic (exact) mass is 265 g/mol. The summed E-state index contributed by atoms with van der Waals surface area (Å²) in [4.78, 5) is 2.77. The van der Waals surface area contributed by atoms with Gasteiger partial charge in [0.15, 0.2) is 0 Å². The van der Waals surface area contributed by atoms with Crippen molar-refractivity contribution in [3.63, 3.8) is 0 Å². The summed E-state index contributed by atoms with van der Waals surface area (Å²) in [7, 11) is 0. The fraction of sp³-hybridized carbons (Fsp3) is 1.00. The molecule has 110 valence electrons. The Morgan fingerprint density at radius 3 is 2.74 bits per heavy atom. The first-order chi connectivity index (χ1) is 9.22. The second-order valence-electron chi connectivity index (χ2n) is 7.73. The Balaban J connectivity index is 1.67. The van der Waals surface area contributed by atoms with Gasteiger partial charge < -0.3 is 5.11 Å². The van der Waals surface area contributed by atoms with E-state index < -0.39 is 0 Å². The Morgan fingerprint density at radius 1 is 1.11 bits per heavy atom. The minimum atomic E-state index is 0.224. The molecule has 0 amide bonds. The Kier molecular flexibility index (Phi) is 4.19. The lowest BCUT2D eigenvalue weighted by atomic mass is 9.69. The van der Waals surface area contributed by atoms with Crippen LogP contribution in [0.3, 0.4) is 0 Å². The van der Waals surface area contributed by atoms with Crippen LogP contribution in [-0.4, -0.2) is 35.7 Å². The van der Waals surface area contributed by atoms with Gasteiger partial charge in [0.1, 0.15) is 0 Å². The molecule has 2 nitrogen and oxygen atoms in total. The molecule has 3 aliphatic rings. The summed E-state index contributed by atoms with van der Waals surface area (Å²) in [6.45, 7) is 5.25. The highest BCUT2D eigenvalue weighted by molar-refractivity contribution is 4.94. The zero-order chi connectivity index (χ0) is 13.3. The molecule has 2 saturated carbocycles. The van der Waals surface area contributed by atoms with Crippen molar-refractivity contribution < 1.29 is 5.11 Å². The zero-order valence-electron chi connectivity index (χ0n) is 12.6. The first-order valence-corrected chi connectivity index (χ1v) is 8.57. The molecule has 0 aromatic carbocycles. The molecule has 3 rings (SSSR count). The Labute approximate surface area is 118 Å². The number of nitrogens with zero attached hydrogens (tertiary/aromatic N) is 1. The second kappa shape index (κ2) is 5.73. The lowest BCUT2D eigenvalue weighted by Gasteiger charge is -2.46. The number of hydrogen-bond acceptors (Lipinski definition) is 2. The molecule has 0 bridgehead atoms. The smallest absolute Gasteiger partial charge is 0.0499 e. The lowest BCUT2D eigenvalue weighted by Crippen LogP contribution is -2.50. The van der Waals surface area contributed by atoms with Crippen molar-refractivity contribution in [1.29, 1.82) is 0 Å². The Hall–Kier alpha value is -0.0800. The molecule has 1 aliphatic heterocycles. The van der Waals surface area contributed by atoms with Crippen molar-refractivity contribution in [2.45, 2.75) is 70.8 Å². The Morgan fingerprint density at radius 2 is 1.95 bits per heavy atom. The van der Waals surface area contributed by atoms with Gasteiger partial charge in [0.25, 0.3) is 0 Å². The maximum Gasteiger partial charge on any atom is 0.0499 e. The largest absolute Gasteiger partial charge is 0.396 e. The number of piperidine rings is 1. The molecule has 4 unspecified atom stereocenters. The number of fused-ring (bicyclic) bond motifs is 1. The molecule has 1 saturated heterocycles. The van der Waals surface area contributed by atoms with Gasteiger partial charge >= 0.3 is 0 Å². The number of likely N-dealkylation sites (tertiary alicyclic amines) is 1. The van der Waals surface area contributed by atoms with Crippen LogP contribution in [-0.2, 0) is 0 Å². The van der Waals surface area contributed by atoms with Crippen molar-refractivity contribution in [3.8, 4) is 0 Å². The summed E-state index contributed by atoms with van der Waals surface area (Å²) in [6.07, 6.45) is 12.4. The number of aliphatic hydroxyl groups is 1. The quantitative estimate of drug-likeness (QED) is 0.845. The zero-order valence-corrected chi connectivity index (χ0v) is 12.6. The standard InChI is InChI=1S/C17H31NO/c1-14-5-3-9-17(11-14,13-19)12-18-10-4-7-15-6-2-8-16(15)18/h14-16,19H,2-13H2,1H3. The van der Waals surface area contributed by atoms with Crippen LogP contribution >= 0.6 is 0 Å². The van der Waals surface area contributed by atoms with Gasteiger partial charge in [0, 0.05) is 24.6 Å². The van der Waals surface area contributed by atoms with Gasteiger partial charge in [-0.3, -0.25) is 4.90 Å². The summed E-state index contributed by atoms with van der Waals surface area (Å²) >= 11 is 0. The van der Waals surface area contributed by atoms with Crippen LogP contribution in [0.2, 0.25) is 0 Å². The number of aliphatic hydroxyl groups excluding tert-OH is 1. The molecule has 2 aliphatic carbocycles. The highest BCUT2D eigenvalue weighted by Crippen LogP contribution is 2.43. The van der Waals surface area contributed by atoms with Crippen LogP contribution < -0.4 is 0 Å². The van der Waals surface area contributed by atoms with Gasteiger partial charge in [0.05, 0.1) is 0 Å². The molecular formula is C17H31NO. The third-order valence-electron chi connectivity index (χ3n) is 6.17. The molecule has 1 heterocycles. The van der Waals surface area contributed by atoms with Gasteiger partial charge in [-0.25, -0.2) is 0 Å². The molecule has 19 heavy (non-hydrogen) atoms. The van der Waals surface area contributed by atoms with Crippen LogP contribution in [0, 0.1) is 17.3 Å². The van der Waals surface area contributed by atoms with Crippen molar-refractivity contribution in [2.24, 2.45) is 17.3 Å². The molecule has 0 spiro atoms. The SMILES string of the molecule is CC1CCCC(CO)(CN2CCCC3CCCC32)C1. The molecule has 4 atom stereocenters. The van der Waals surface area contributed by atoms with Gasteiger partial charge in [-0.2, -0.15) is 0 Å². The predicted molar refractivity (Wildman–Crippen MR) is 79.1 cm³/mol. The summed E-state index contributed by atoms with van der Waals surface area (Å²) in [5.41, 5.74) is 0.224. The van der Waals surface area contributed by atoms with E-state index in [9.17, 15) is 5.11 Å². The van der Waals surface area contributed by atoms with E-state index in [-0.39, 0.29) is 5.41 Å². The van der Waals surface area contributed by atoms with E-state index in [1.807, 2.05) is 0 Å². The van der Waals surface area contributed by atoms with E-state index in [1.165, 1.54) is 70.9 Å². The van der Waals surface area contributed by atoms with E-state index >= 15 is 0 Å². The van der Waals surface area contributed by atoms with Gasteiger partial charge in [-0.1, -0.05) is 26.2 Å². The molecule has 0 aromatic rings. The molecular weight excluding hydrogens is 234 g/mol. The summed E-state index contributed by atoms with van der Waals surface area (Å²) < 4.78 is 0. The fourth-order valence-electron chi connectivity index (χ4n) is 5.29. The van der Waals surface area contributed by atoms with Crippen molar-refractivity contribution in [2.75, 3.05) is 19.7 Å². The van der Waals surface area contributed by atoms with Crippen LogP contribution in [0.15, 0.2) is 0 Å². The lowest BCUT2D eigenvalue weighted by molar-refractivity contribution is -0.00660. The van der Waals surface area contributed by atoms with E-state index in [1.54, 1.807) is 0 Å². The van der Waals surface area contributed by atoms with Gasteiger partial charge in [-0.05, 0) is 56.9 Å². The van der Waals surface area contributed by atoms with Crippen molar-refractivity contribution in [1.82, 2.24) is 4.90 Å². The van der Waals surface area contributed by atoms with E-state index in [0.717, 1.165) is 17.9 Å². The number of hydrogen-bond donors (Lipinski definition) is 1. The first-order valence-electron chi connectivity index (χ1n) is 8.57. The Bertz CT molecular complexity index is 306. The van der Waals surface area contributed by atoms with Crippen LogP contribution in [0.5, 0.6) is 0 Å². The minimum absolute atomic E-state index is 0.224. The maximum atomic E-state index is 10.0. The highest BCUT2D eigenvalue weighted by atomic mass is 16.3. The predicted octanol–water partition coefficient (Wildman–Crippen LogP) is 3.44. The van der Waals surface area contributed by atoms with Crippen LogP contribution in [0.4, 0.5) is 0 Å². The maximum absolute atomic E-state index is 10.0. The van der Waals surface area contributed by atoms with Gasteiger partial charge in [0.2, 0.25) is 0 Å². The molecule has 3 fully saturated rings. The summed E-state index contributed by atoms with van der Waals surface area (Å²) in [6, 6.07) is 0.856. The number of rotatable bonds is 3. The highest BCUT2D eigenvalue weighted by Gasteiger charge is 2.41. The first kappa shape index (κ1) is 13.9. The molecule has 1 N–H and O–H groups in total. The van der Waals surface area contributed by atoms with E-state index in [0.29, 0.717) is 6.61 Å². The van der Waals surface area contributed by atoms with E-state index in [2.05, 4.69) is 11.8 Å². The van der Waals surface area contributed by atoms with Crippen LogP contribution in [0.1, 0.15) is 64.7 Å². The second-order valence-corrected chi connectivity index (χ2v) is 7.73. The summed E-state index contributed by atoms with van der Waals surface area (Å²) in [5, 5.41) is 10.0. The molecule has 0 aromatic heterocycles. The fourth-order valence-corrected chi connectivity index (χ4v) is 5.29. The van der Waals surface area contributed by atoms with Gasteiger partial charge in [-0.15, -0.1) is 0 Å². The van der Waals surface area contributed by atoms with Crippen LogP contribution in [0.25, 0.3) is 0 Å². The third kappa shape index (κ3) is 2.85. The average Bonchev–Trinajstić information content (AvgIpc) is 2.88. The normalized spacial score (nSPS) is 44.2.